The molecule has 0 heterocycles. The van der Waals surface area contributed by atoms with Crippen molar-refractivity contribution in [3.05, 3.63) is 66.7 Å². The number of aryl methyl sites for hydroxylation is 1. The zero-order valence-corrected chi connectivity index (χ0v) is 14.1. The maximum absolute atomic E-state index is 12.3. The monoisotopic (exact) mass is 325 g/mol. The molecule has 126 valence electrons. The maximum atomic E-state index is 12.3. The Bertz CT molecular complexity index is 680. The van der Waals surface area contributed by atoms with E-state index in [9.17, 15) is 4.79 Å². The van der Waals surface area contributed by atoms with Gasteiger partial charge in [0.05, 0.1) is 0 Å². The average Bonchev–Trinajstić information content (AvgIpc) is 2.61. The van der Waals surface area contributed by atoms with Crippen LogP contribution in [0.15, 0.2) is 61.2 Å². The molecule has 2 aromatic carbocycles. The van der Waals surface area contributed by atoms with Gasteiger partial charge in [-0.3, -0.25) is 4.79 Å². The molecule has 0 aliphatic carbocycles. The summed E-state index contributed by atoms with van der Waals surface area (Å²) in [5, 5.41) is 2.84. The summed E-state index contributed by atoms with van der Waals surface area (Å²) in [5.41, 5.74) is 1.78. The molecule has 0 aliphatic heterocycles. The predicted molar refractivity (Wildman–Crippen MR) is 96.7 cm³/mol. The Morgan fingerprint density at radius 2 is 1.92 bits per heavy atom. The van der Waals surface area contributed by atoms with Crippen LogP contribution in [0.25, 0.3) is 0 Å². The first-order valence-electron chi connectivity index (χ1n) is 8.03. The van der Waals surface area contributed by atoms with Crippen molar-refractivity contribution < 1.29 is 14.3 Å². The lowest BCUT2D eigenvalue weighted by molar-refractivity contribution is -0.122. The third kappa shape index (κ3) is 4.88. The molecule has 0 spiro atoms. The van der Waals surface area contributed by atoms with E-state index in [4.69, 9.17) is 9.47 Å². The third-order valence-electron chi connectivity index (χ3n) is 3.52. The molecular weight excluding hydrogens is 302 g/mol. The molecule has 0 unspecified atom stereocenters. The van der Waals surface area contributed by atoms with Crippen molar-refractivity contribution in [2.45, 2.75) is 26.4 Å². The highest BCUT2D eigenvalue weighted by Gasteiger charge is 2.16. The molecule has 0 fully saturated rings. The van der Waals surface area contributed by atoms with Gasteiger partial charge in [0.15, 0.2) is 6.10 Å². The number of hydrogen-bond donors (Lipinski definition) is 1. The topological polar surface area (TPSA) is 47.6 Å². The SMILES string of the molecule is C=CCOc1ccc(NC(=O)[C@H](C)Oc2ccccc2CC)cc1. The number of carbonyl (C=O) groups excluding carboxylic acids is 1. The highest BCUT2D eigenvalue weighted by molar-refractivity contribution is 5.94. The first kappa shape index (κ1) is 17.6. The van der Waals surface area contributed by atoms with Gasteiger partial charge < -0.3 is 14.8 Å². The first-order valence-corrected chi connectivity index (χ1v) is 8.03. The van der Waals surface area contributed by atoms with Gasteiger partial charge >= 0.3 is 0 Å². The van der Waals surface area contributed by atoms with Gasteiger partial charge in [-0.2, -0.15) is 0 Å². The number of nitrogens with one attached hydrogen (secondary N) is 1. The van der Waals surface area contributed by atoms with E-state index in [1.54, 1.807) is 37.3 Å². The number of para-hydroxylation sites is 1. The number of anilines is 1. The minimum Gasteiger partial charge on any atom is -0.490 e. The molecule has 0 aromatic heterocycles. The second-order valence-electron chi connectivity index (χ2n) is 5.33. The summed E-state index contributed by atoms with van der Waals surface area (Å²) >= 11 is 0. The van der Waals surface area contributed by atoms with Gasteiger partial charge in [0.2, 0.25) is 0 Å². The number of rotatable bonds is 8. The zero-order chi connectivity index (χ0) is 17.4. The van der Waals surface area contributed by atoms with Crippen molar-refractivity contribution in [3.63, 3.8) is 0 Å². The molecule has 0 saturated carbocycles. The van der Waals surface area contributed by atoms with E-state index >= 15 is 0 Å². The summed E-state index contributed by atoms with van der Waals surface area (Å²) in [4.78, 5) is 12.3. The molecule has 4 heteroatoms. The standard InChI is InChI=1S/C20H23NO3/c1-4-14-23-18-12-10-17(11-13-18)21-20(22)15(3)24-19-9-7-6-8-16(19)5-2/h4,6-13,15H,1,5,14H2,2-3H3,(H,21,22)/t15-/m0/s1. The van der Waals surface area contributed by atoms with Crippen LogP contribution in [0.2, 0.25) is 0 Å². The first-order chi connectivity index (χ1) is 11.6. The second kappa shape index (κ2) is 8.77. The van der Waals surface area contributed by atoms with Gasteiger partial charge in [-0.25, -0.2) is 0 Å². The van der Waals surface area contributed by atoms with E-state index in [-0.39, 0.29) is 5.91 Å². The van der Waals surface area contributed by atoms with E-state index < -0.39 is 6.10 Å². The van der Waals surface area contributed by atoms with Crippen molar-refractivity contribution >= 4 is 11.6 Å². The number of ether oxygens (including phenoxy) is 2. The summed E-state index contributed by atoms with van der Waals surface area (Å²) in [6, 6.07) is 14.9. The smallest absolute Gasteiger partial charge is 0.265 e. The van der Waals surface area contributed by atoms with E-state index in [2.05, 4.69) is 18.8 Å². The van der Waals surface area contributed by atoms with E-state index in [0.717, 1.165) is 23.5 Å². The molecule has 1 amide bonds. The van der Waals surface area contributed by atoms with Crippen LogP contribution < -0.4 is 14.8 Å². The average molecular weight is 325 g/mol. The molecule has 0 bridgehead atoms. The van der Waals surface area contributed by atoms with Crippen LogP contribution in [-0.4, -0.2) is 18.6 Å². The predicted octanol–water partition coefficient (Wildman–Crippen LogP) is 4.22. The summed E-state index contributed by atoms with van der Waals surface area (Å²) < 4.78 is 11.2. The molecule has 2 rings (SSSR count). The molecule has 0 aliphatic rings. The normalized spacial score (nSPS) is 11.4. The zero-order valence-electron chi connectivity index (χ0n) is 14.1. The molecule has 0 saturated heterocycles. The lowest BCUT2D eigenvalue weighted by Crippen LogP contribution is -2.30. The van der Waals surface area contributed by atoms with Gasteiger partial charge in [0, 0.05) is 5.69 Å². The van der Waals surface area contributed by atoms with Crippen molar-refractivity contribution in [1.29, 1.82) is 0 Å². The Kier molecular flexibility index (Phi) is 6.43. The van der Waals surface area contributed by atoms with Crippen LogP contribution in [0.4, 0.5) is 5.69 Å². The fourth-order valence-electron chi connectivity index (χ4n) is 2.19. The van der Waals surface area contributed by atoms with Crippen LogP contribution >= 0.6 is 0 Å². The lowest BCUT2D eigenvalue weighted by Gasteiger charge is -2.17. The highest BCUT2D eigenvalue weighted by atomic mass is 16.5. The number of carbonyl (C=O) groups is 1. The Hall–Kier alpha value is -2.75. The van der Waals surface area contributed by atoms with E-state index in [1.165, 1.54) is 0 Å². The van der Waals surface area contributed by atoms with Crippen LogP contribution in [-0.2, 0) is 11.2 Å². The quantitative estimate of drug-likeness (QED) is 0.739. The summed E-state index contributed by atoms with van der Waals surface area (Å²) in [5.74, 6) is 1.28. The maximum Gasteiger partial charge on any atom is 0.265 e. The van der Waals surface area contributed by atoms with Gasteiger partial charge in [-0.15, -0.1) is 0 Å². The van der Waals surface area contributed by atoms with Crippen LogP contribution in [0.1, 0.15) is 19.4 Å². The molecule has 4 nitrogen and oxygen atoms in total. The van der Waals surface area contributed by atoms with Gasteiger partial charge in [-0.05, 0) is 49.2 Å². The Labute approximate surface area is 143 Å². The van der Waals surface area contributed by atoms with E-state index in [0.29, 0.717) is 12.3 Å². The molecule has 0 radical (unpaired) electrons. The van der Waals surface area contributed by atoms with Gasteiger partial charge in [-0.1, -0.05) is 37.8 Å². The lowest BCUT2D eigenvalue weighted by atomic mass is 10.1. The fourth-order valence-corrected chi connectivity index (χ4v) is 2.19. The Balaban J connectivity index is 1.94. The second-order valence-corrected chi connectivity index (χ2v) is 5.33. The van der Waals surface area contributed by atoms with Crippen LogP contribution in [0.5, 0.6) is 11.5 Å². The third-order valence-corrected chi connectivity index (χ3v) is 3.52. The van der Waals surface area contributed by atoms with Crippen molar-refractivity contribution in [2.75, 3.05) is 11.9 Å². The number of benzene rings is 2. The Morgan fingerprint density at radius 3 is 2.58 bits per heavy atom. The summed E-state index contributed by atoms with van der Waals surface area (Å²) in [6.07, 6.45) is 1.95. The van der Waals surface area contributed by atoms with Crippen molar-refractivity contribution in [1.82, 2.24) is 0 Å². The largest absolute Gasteiger partial charge is 0.490 e. The van der Waals surface area contributed by atoms with Crippen LogP contribution in [0, 0.1) is 0 Å². The molecule has 2 aromatic rings. The molecule has 1 atom stereocenters. The molecule has 1 N–H and O–H groups in total. The summed E-state index contributed by atoms with van der Waals surface area (Å²) in [6.45, 7) is 7.85. The Morgan fingerprint density at radius 1 is 1.21 bits per heavy atom. The van der Waals surface area contributed by atoms with Gasteiger partial charge in [0.25, 0.3) is 5.91 Å². The van der Waals surface area contributed by atoms with Gasteiger partial charge in [0.1, 0.15) is 18.1 Å². The molecule has 24 heavy (non-hydrogen) atoms. The molecular formula is C20H23NO3. The fraction of sp³-hybridized carbons (Fsp3) is 0.250. The minimum atomic E-state index is -0.589. The highest BCUT2D eigenvalue weighted by Crippen LogP contribution is 2.21. The van der Waals surface area contributed by atoms with Crippen LogP contribution in [0.3, 0.4) is 0 Å². The minimum absolute atomic E-state index is 0.194. The van der Waals surface area contributed by atoms with Crippen molar-refractivity contribution in [2.24, 2.45) is 0 Å². The number of amides is 1. The van der Waals surface area contributed by atoms with E-state index in [1.807, 2.05) is 24.3 Å². The van der Waals surface area contributed by atoms with Crippen molar-refractivity contribution in [3.8, 4) is 11.5 Å². The summed E-state index contributed by atoms with van der Waals surface area (Å²) in [7, 11) is 0. The number of hydrogen-bond acceptors (Lipinski definition) is 3.